The van der Waals surface area contributed by atoms with Crippen LogP contribution < -0.4 is 0 Å². The Hall–Kier alpha value is -6.13. The fourth-order valence-electron chi connectivity index (χ4n) is 6.31. The lowest BCUT2D eigenvalue weighted by Crippen LogP contribution is -2.00. The van der Waals surface area contributed by atoms with E-state index in [2.05, 4.69) is 115 Å². The molecule has 0 amide bonds. The van der Waals surface area contributed by atoms with Crippen LogP contribution in [-0.4, -0.2) is 15.0 Å². The van der Waals surface area contributed by atoms with Crippen LogP contribution in [0.25, 0.3) is 88.8 Å². The van der Waals surface area contributed by atoms with Gasteiger partial charge in [0.1, 0.15) is 11.2 Å². The maximum absolute atomic E-state index is 6.21. The van der Waals surface area contributed by atoms with E-state index in [4.69, 9.17) is 19.4 Å². The molecule has 0 bridgehead atoms. The molecular weight excluding hydrogens is 550 g/mol. The Balaban J connectivity index is 1.25. The lowest BCUT2D eigenvalue weighted by molar-refractivity contribution is 0.669. The summed E-state index contributed by atoms with van der Waals surface area (Å²) in [5, 5.41) is 6.84. The highest BCUT2D eigenvalue weighted by atomic mass is 16.3. The molecule has 7 aromatic carbocycles. The van der Waals surface area contributed by atoms with Gasteiger partial charge in [0, 0.05) is 27.5 Å². The minimum Gasteiger partial charge on any atom is -0.456 e. The Morgan fingerprint density at radius 1 is 0.356 bits per heavy atom. The Morgan fingerprint density at radius 3 is 1.82 bits per heavy atom. The monoisotopic (exact) mass is 575 g/mol. The van der Waals surface area contributed by atoms with E-state index < -0.39 is 0 Å². The highest BCUT2D eigenvalue weighted by molar-refractivity contribution is 6.12. The van der Waals surface area contributed by atoms with Crippen molar-refractivity contribution >= 4 is 43.5 Å². The van der Waals surface area contributed by atoms with E-state index in [9.17, 15) is 0 Å². The van der Waals surface area contributed by atoms with Gasteiger partial charge in [0.05, 0.1) is 0 Å². The summed E-state index contributed by atoms with van der Waals surface area (Å²) in [4.78, 5) is 15.2. The van der Waals surface area contributed by atoms with Crippen molar-refractivity contribution in [2.45, 2.75) is 0 Å². The van der Waals surface area contributed by atoms with Crippen molar-refractivity contribution in [3.05, 3.63) is 152 Å². The Labute approximate surface area is 259 Å². The zero-order valence-corrected chi connectivity index (χ0v) is 24.2. The molecule has 45 heavy (non-hydrogen) atoms. The highest BCUT2D eigenvalue weighted by Crippen LogP contribution is 2.37. The molecule has 4 heteroatoms. The first-order valence-corrected chi connectivity index (χ1v) is 15.0. The zero-order valence-electron chi connectivity index (χ0n) is 24.2. The molecular formula is C41H25N3O. The maximum atomic E-state index is 6.21. The molecule has 0 saturated heterocycles. The maximum Gasteiger partial charge on any atom is 0.164 e. The van der Waals surface area contributed by atoms with Crippen molar-refractivity contribution in [2.75, 3.05) is 0 Å². The smallest absolute Gasteiger partial charge is 0.164 e. The number of fused-ring (bicyclic) bond motifs is 6. The fourth-order valence-corrected chi connectivity index (χ4v) is 6.31. The first kappa shape index (κ1) is 25.4. The molecule has 0 aliphatic carbocycles. The van der Waals surface area contributed by atoms with Gasteiger partial charge in [0.25, 0.3) is 0 Å². The van der Waals surface area contributed by atoms with Gasteiger partial charge >= 0.3 is 0 Å². The van der Waals surface area contributed by atoms with E-state index in [0.29, 0.717) is 17.5 Å². The van der Waals surface area contributed by atoms with Crippen LogP contribution in [0.3, 0.4) is 0 Å². The minimum atomic E-state index is 0.609. The summed E-state index contributed by atoms with van der Waals surface area (Å²) >= 11 is 0. The van der Waals surface area contributed by atoms with Gasteiger partial charge < -0.3 is 4.42 Å². The number of para-hydroxylation sites is 1. The molecule has 2 aromatic heterocycles. The molecule has 0 unspecified atom stereocenters. The zero-order chi connectivity index (χ0) is 29.7. The van der Waals surface area contributed by atoms with Gasteiger partial charge in [-0.25, -0.2) is 15.0 Å². The van der Waals surface area contributed by atoms with Crippen molar-refractivity contribution in [3.8, 4) is 45.3 Å². The standard InChI is InChI=1S/C41H25N3O/c1-2-9-26(10-3-1)27-17-20-29(21-18-27)39-42-40(31-23-24-33-30(25-31)22-19-28-11-4-5-12-32(28)33)44-41(43-39)35-14-8-16-37-38(35)34-13-6-7-15-36(34)45-37/h1-25H. The number of benzene rings is 7. The Kier molecular flexibility index (Phi) is 5.78. The molecule has 9 rings (SSSR count). The highest BCUT2D eigenvalue weighted by Gasteiger charge is 2.18. The normalized spacial score (nSPS) is 11.6. The molecule has 0 spiro atoms. The van der Waals surface area contributed by atoms with Gasteiger partial charge in [-0.05, 0) is 50.9 Å². The van der Waals surface area contributed by atoms with Crippen LogP contribution in [0.2, 0.25) is 0 Å². The number of rotatable bonds is 4. The predicted octanol–water partition coefficient (Wildman–Crippen LogP) is 10.7. The Morgan fingerprint density at radius 2 is 0.956 bits per heavy atom. The van der Waals surface area contributed by atoms with Gasteiger partial charge in [-0.2, -0.15) is 0 Å². The Bertz CT molecular complexity index is 2530. The topological polar surface area (TPSA) is 51.8 Å². The van der Waals surface area contributed by atoms with Gasteiger partial charge in [0.2, 0.25) is 0 Å². The third-order valence-electron chi connectivity index (χ3n) is 8.53. The first-order valence-electron chi connectivity index (χ1n) is 15.0. The molecule has 2 heterocycles. The van der Waals surface area contributed by atoms with Crippen molar-refractivity contribution < 1.29 is 4.42 Å². The number of nitrogens with zero attached hydrogens (tertiary/aromatic N) is 3. The molecule has 210 valence electrons. The van der Waals surface area contributed by atoms with Crippen LogP contribution >= 0.6 is 0 Å². The number of hydrogen-bond donors (Lipinski definition) is 0. The molecule has 0 aliphatic rings. The lowest BCUT2D eigenvalue weighted by atomic mass is 10.00. The van der Waals surface area contributed by atoms with E-state index in [1.54, 1.807) is 0 Å². The van der Waals surface area contributed by atoms with E-state index in [1.165, 1.54) is 21.7 Å². The van der Waals surface area contributed by atoms with E-state index in [0.717, 1.165) is 49.6 Å². The van der Waals surface area contributed by atoms with Crippen LogP contribution in [0.4, 0.5) is 0 Å². The van der Waals surface area contributed by atoms with Gasteiger partial charge in [0.15, 0.2) is 17.5 Å². The molecule has 0 saturated carbocycles. The molecule has 0 radical (unpaired) electrons. The number of furan rings is 1. The van der Waals surface area contributed by atoms with E-state index in [-0.39, 0.29) is 0 Å². The number of hydrogen-bond acceptors (Lipinski definition) is 4. The second-order valence-electron chi connectivity index (χ2n) is 11.2. The van der Waals surface area contributed by atoms with Crippen LogP contribution in [0.1, 0.15) is 0 Å². The summed E-state index contributed by atoms with van der Waals surface area (Å²) in [6, 6.07) is 52.3. The second kappa shape index (κ2) is 10.2. The molecule has 0 aliphatic heterocycles. The third kappa shape index (κ3) is 4.35. The minimum absolute atomic E-state index is 0.609. The van der Waals surface area contributed by atoms with Crippen LogP contribution in [0.15, 0.2) is 156 Å². The van der Waals surface area contributed by atoms with Gasteiger partial charge in [-0.3, -0.25) is 0 Å². The van der Waals surface area contributed by atoms with E-state index in [1.807, 2.05) is 36.4 Å². The lowest BCUT2D eigenvalue weighted by Gasteiger charge is -2.11. The molecule has 4 nitrogen and oxygen atoms in total. The molecule has 9 aromatic rings. The SMILES string of the molecule is c1ccc(-c2ccc(-c3nc(-c4ccc5c(ccc6ccccc65)c4)nc(-c4cccc5oc6ccccc6c45)n3)cc2)cc1. The van der Waals surface area contributed by atoms with Crippen LogP contribution in [-0.2, 0) is 0 Å². The van der Waals surface area contributed by atoms with Crippen LogP contribution in [0.5, 0.6) is 0 Å². The average Bonchev–Trinajstić information content (AvgIpc) is 3.51. The third-order valence-corrected chi connectivity index (χ3v) is 8.53. The molecule has 0 atom stereocenters. The fraction of sp³-hybridized carbons (Fsp3) is 0. The predicted molar refractivity (Wildman–Crippen MR) is 184 cm³/mol. The molecule has 0 N–H and O–H groups in total. The summed E-state index contributed by atoms with van der Waals surface area (Å²) in [5.74, 6) is 1.86. The van der Waals surface area contributed by atoms with Crippen molar-refractivity contribution in [1.29, 1.82) is 0 Å². The van der Waals surface area contributed by atoms with Crippen molar-refractivity contribution in [2.24, 2.45) is 0 Å². The van der Waals surface area contributed by atoms with Crippen LogP contribution in [0, 0.1) is 0 Å². The summed E-state index contributed by atoms with van der Waals surface area (Å²) in [7, 11) is 0. The quantitative estimate of drug-likeness (QED) is 0.196. The number of aromatic nitrogens is 3. The first-order chi connectivity index (χ1) is 22.3. The summed E-state index contributed by atoms with van der Waals surface area (Å²) in [6.07, 6.45) is 0. The van der Waals surface area contributed by atoms with Gasteiger partial charge in [-0.1, -0.05) is 133 Å². The molecule has 0 fully saturated rings. The summed E-state index contributed by atoms with van der Waals surface area (Å²) in [6.45, 7) is 0. The summed E-state index contributed by atoms with van der Waals surface area (Å²) < 4.78 is 6.21. The summed E-state index contributed by atoms with van der Waals surface area (Å²) in [5.41, 5.74) is 6.74. The van der Waals surface area contributed by atoms with E-state index >= 15 is 0 Å². The van der Waals surface area contributed by atoms with Crippen molar-refractivity contribution in [3.63, 3.8) is 0 Å². The second-order valence-corrected chi connectivity index (χ2v) is 11.2. The largest absolute Gasteiger partial charge is 0.456 e. The van der Waals surface area contributed by atoms with Gasteiger partial charge in [-0.15, -0.1) is 0 Å². The average molecular weight is 576 g/mol. The van der Waals surface area contributed by atoms with Crippen molar-refractivity contribution in [1.82, 2.24) is 15.0 Å².